The highest BCUT2D eigenvalue weighted by Crippen LogP contribution is 2.36. The second kappa shape index (κ2) is 11.5. The van der Waals surface area contributed by atoms with Gasteiger partial charge in [0.15, 0.2) is 5.76 Å². The van der Waals surface area contributed by atoms with Gasteiger partial charge in [0.25, 0.3) is 6.29 Å². The summed E-state index contributed by atoms with van der Waals surface area (Å²) >= 11 is 0. The zero-order valence-corrected chi connectivity index (χ0v) is 18.8. The van der Waals surface area contributed by atoms with E-state index in [1.807, 2.05) is 6.92 Å². The fraction of sp³-hybridized carbons (Fsp3) is 0.500. The maximum Gasteiger partial charge on any atom is 0.407 e. The topological polar surface area (TPSA) is 130 Å². The molecule has 0 radical (unpaired) electrons. The van der Waals surface area contributed by atoms with Crippen molar-refractivity contribution in [2.45, 2.75) is 59.7 Å². The number of hydrogen-bond acceptors (Lipinski definition) is 9. The first-order valence-electron chi connectivity index (χ1n) is 10.2. The third kappa shape index (κ3) is 6.44. The molecule has 1 aromatic carbocycles. The van der Waals surface area contributed by atoms with E-state index in [2.05, 4.69) is 5.32 Å². The Morgan fingerprint density at radius 3 is 2.34 bits per heavy atom. The Morgan fingerprint density at radius 1 is 1.12 bits per heavy atom. The van der Waals surface area contributed by atoms with Crippen molar-refractivity contribution in [2.24, 2.45) is 5.92 Å². The molecule has 2 rings (SSSR count). The second-order valence-electron chi connectivity index (χ2n) is 7.16. The molecule has 0 fully saturated rings. The highest BCUT2D eigenvalue weighted by atomic mass is 16.7. The first-order valence-corrected chi connectivity index (χ1v) is 10.2. The molecule has 1 aliphatic heterocycles. The smallest absolute Gasteiger partial charge is 0.407 e. The molecule has 0 bridgehead atoms. The van der Waals surface area contributed by atoms with Gasteiger partial charge in [0.1, 0.15) is 12.4 Å². The molecule has 1 aliphatic rings. The van der Waals surface area contributed by atoms with Crippen molar-refractivity contribution < 1.29 is 43.2 Å². The van der Waals surface area contributed by atoms with Crippen LogP contribution in [0.15, 0.2) is 29.7 Å². The van der Waals surface area contributed by atoms with Crippen molar-refractivity contribution in [1.29, 1.82) is 0 Å². The number of hydrogen-bond donors (Lipinski definition) is 2. The average molecular weight is 451 g/mol. The van der Waals surface area contributed by atoms with Crippen molar-refractivity contribution in [1.82, 2.24) is 5.32 Å². The van der Waals surface area contributed by atoms with Gasteiger partial charge < -0.3 is 34.1 Å². The lowest BCUT2D eigenvalue weighted by molar-refractivity contribution is -0.172. The van der Waals surface area contributed by atoms with Gasteiger partial charge in [-0.15, -0.1) is 0 Å². The summed E-state index contributed by atoms with van der Waals surface area (Å²) in [5.74, 6) is -1.21. The monoisotopic (exact) mass is 451 g/mol. The van der Waals surface area contributed by atoms with Gasteiger partial charge in [0.05, 0.1) is 12.7 Å². The third-order valence-corrected chi connectivity index (χ3v) is 4.74. The number of benzene rings is 1. The Morgan fingerprint density at radius 2 is 1.78 bits per heavy atom. The Bertz CT molecular complexity index is 880. The minimum absolute atomic E-state index is 0.0608. The molecule has 0 aromatic heterocycles. The van der Waals surface area contributed by atoms with Crippen LogP contribution in [-0.4, -0.2) is 42.6 Å². The van der Waals surface area contributed by atoms with Crippen molar-refractivity contribution in [3.05, 3.63) is 40.8 Å². The highest BCUT2D eigenvalue weighted by molar-refractivity contribution is 5.69. The number of carbonyl (C=O) groups is 3. The normalized spacial score (nSPS) is 20.4. The van der Waals surface area contributed by atoms with Crippen molar-refractivity contribution in [3.63, 3.8) is 0 Å². The van der Waals surface area contributed by atoms with Crippen LogP contribution in [-0.2, 0) is 41.8 Å². The summed E-state index contributed by atoms with van der Waals surface area (Å²) < 4.78 is 27.8. The van der Waals surface area contributed by atoms with E-state index < -0.39 is 24.3 Å². The Labute approximate surface area is 186 Å². The first-order chi connectivity index (χ1) is 15.2. The molecule has 32 heavy (non-hydrogen) atoms. The summed E-state index contributed by atoms with van der Waals surface area (Å²) in [6.07, 6.45) is -1.64. The van der Waals surface area contributed by atoms with Crippen LogP contribution in [0.5, 0.6) is 5.75 Å². The number of rotatable bonds is 8. The van der Waals surface area contributed by atoms with Crippen LogP contribution >= 0.6 is 0 Å². The summed E-state index contributed by atoms with van der Waals surface area (Å²) in [5, 5.41) is 11.8. The molecular weight excluding hydrogens is 422 g/mol. The van der Waals surface area contributed by atoms with Crippen LogP contribution in [0.3, 0.4) is 0 Å². The number of carbonyl (C=O) groups excluding carboxylic acids is 3. The van der Waals surface area contributed by atoms with Crippen LogP contribution in [0.4, 0.5) is 4.79 Å². The number of aliphatic hydroxyl groups is 1. The van der Waals surface area contributed by atoms with Gasteiger partial charge in [0.2, 0.25) is 5.76 Å². The Hall–Kier alpha value is -3.11. The number of ether oxygens (including phenoxy) is 5. The lowest BCUT2D eigenvalue weighted by Gasteiger charge is -2.36. The molecule has 1 aromatic rings. The molecule has 0 spiro atoms. The van der Waals surface area contributed by atoms with E-state index in [4.69, 9.17) is 23.7 Å². The summed E-state index contributed by atoms with van der Waals surface area (Å²) in [6, 6.07) is 4.82. The lowest BCUT2D eigenvalue weighted by Crippen LogP contribution is -2.41. The first kappa shape index (κ1) is 25.2. The number of aliphatic hydroxyl groups excluding tert-OH is 1. The SMILES string of the molecule is CCC1O[C@@H](Oc2ccc(CO)cc2COC(=O)NC)C(OC(C)=O)=C(OC(C)=O)[C@H]1C. The fourth-order valence-corrected chi connectivity index (χ4v) is 3.22. The van der Waals surface area contributed by atoms with Crippen LogP contribution in [0.2, 0.25) is 0 Å². The van der Waals surface area contributed by atoms with Gasteiger partial charge >= 0.3 is 18.0 Å². The second-order valence-corrected chi connectivity index (χ2v) is 7.16. The van der Waals surface area contributed by atoms with E-state index in [0.29, 0.717) is 17.5 Å². The van der Waals surface area contributed by atoms with Gasteiger partial charge in [-0.1, -0.05) is 19.9 Å². The summed E-state index contributed by atoms with van der Waals surface area (Å²) in [4.78, 5) is 35.0. The summed E-state index contributed by atoms with van der Waals surface area (Å²) in [5.41, 5.74) is 1.03. The quantitative estimate of drug-likeness (QED) is 0.452. The molecule has 0 aliphatic carbocycles. The predicted octanol–water partition coefficient (Wildman–Crippen LogP) is 2.52. The summed E-state index contributed by atoms with van der Waals surface area (Å²) in [6.45, 7) is 5.79. The lowest BCUT2D eigenvalue weighted by atomic mass is 9.96. The van der Waals surface area contributed by atoms with Crippen molar-refractivity contribution in [3.8, 4) is 5.75 Å². The largest absolute Gasteiger partial charge is 0.457 e. The number of amides is 1. The van der Waals surface area contributed by atoms with Gasteiger partial charge in [-0.3, -0.25) is 9.59 Å². The van der Waals surface area contributed by atoms with Crippen LogP contribution < -0.4 is 10.1 Å². The van der Waals surface area contributed by atoms with Crippen molar-refractivity contribution in [2.75, 3.05) is 7.05 Å². The molecule has 1 amide bonds. The molecule has 1 heterocycles. The zero-order valence-electron chi connectivity index (χ0n) is 18.8. The van der Waals surface area contributed by atoms with E-state index >= 15 is 0 Å². The van der Waals surface area contributed by atoms with E-state index in [0.717, 1.165) is 0 Å². The van der Waals surface area contributed by atoms with E-state index in [1.54, 1.807) is 25.1 Å². The number of alkyl carbamates (subject to hydrolysis) is 1. The Balaban J connectivity index is 2.46. The molecular formula is C22H29NO9. The zero-order chi connectivity index (χ0) is 23.8. The highest BCUT2D eigenvalue weighted by Gasteiger charge is 2.40. The standard InChI is InChI=1S/C22H29NO9/c1-6-17-12(2)19(29-13(3)25)20(30-14(4)26)21(31-17)32-18-8-7-15(10-24)9-16(18)11-28-22(27)23-5/h7-9,12,17,21,24H,6,10-11H2,1-5H3,(H,23,27)/t12-,17?,21-/m0/s1. The summed E-state index contributed by atoms with van der Waals surface area (Å²) in [7, 11) is 1.43. The van der Waals surface area contributed by atoms with E-state index in [1.165, 1.54) is 20.9 Å². The molecule has 10 heteroatoms. The van der Waals surface area contributed by atoms with Gasteiger partial charge in [-0.05, 0) is 24.1 Å². The van der Waals surface area contributed by atoms with Gasteiger partial charge in [0, 0.05) is 32.4 Å². The minimum Gasteiger partial charge on any atom is -0.457 e. The van der Waals surface area contributed by atoms with E-state index in [-0.39, 0.29) is 42.5 Å². The maximum atomic E-state index is 11.8. The van der Waals surface area contributed by atoms with Crippen molar-refractivity contribution >= 4 is 18.0 Å². The van der Waals surface area contributed by atoms with Crippen LogP contribution in [0.1, 0.15) is 45.2 Å². The molecule has 2 N–H and O–H groups in total. The molecule has 3 atom stereocenters. The van der Waals surface area contributed by atoms with Gasteiger partial charge in [-0.25, -0.2) is 4.79 Å². The molecule has 0 saturated carbocycles. The van der Waals surface area contributed by atoms with Crippen LogP contribution in [0, 0.1) is 5.92 Å². The molecule has 10 nitrogen and oxygen atoms in total. The maximum absolute atomic E-state index is 11.8. The number of nitrogens with one attached hydrogen (secondary N) is 1. The molecule has 0 saturated heterocycles. The number of esters is 2. The Kier molecular flexibility index (Phi) is 9.03. The van der Waals surface area contributed by atoms with Gasteiger partial charge in [-0.2, -0.15) is 0 Å². The average Bonchev–Trinajstić information content (AvgIpc) is 2.76. The fourth-order valence-electron chi connectivity index (χ4n) is 3.22. The minimum atomic E-state index is -1.20. The molecule has 1 unspecified atom stereocenters. The van der Waals surface area contributed by atoms with E-state index in [9.17, 15) is 19.5 Å². The molecule has 176 valence electrons. The predicted molar refractivity (Wildman–Crippen MR) is 111 cm³/mol. The third-order valence-electron chi connectivity index (χ3n) is 4.74. The van der Waals surface area contributed by atoms with Crippen LogP contribution in [0.25, 0.3) is 0 Å².